The van der Waals surface area contributed by atoms with Gasteiger partial charge in [-0.25, -0.2) is 0 Å². The maximum Gasteiger partial charge on any atom is 0.0751 e. The van der Waals surface area contributed by atoms with E-state index in [9.17, 15) is 0 Å². The van der Waals surface area contributed by atoms with Crippen molar-refractivity contribution < 1.29 is 0 Å². The molecule has 1 nitrogen and oxygen atoms in total. The lowest BCUT2D eigenvalue weighted by Gasteiger charge is -2.37. The number of fused-ring (bicyclic) bond motifs is 2. The minimum absolute atomic E-state index is 0.123. The van der Waals surface area contributed by atoms with Gasteiger partial charge in [-0.05, 0) is 89.0 Å². The third kappa shape index (κ3) is 2.51. The molecule has 1 heteroatoms. The van der Waals surface area contributed by atoms with Crippen molar-refractivity contribution in [2.75, 3.05) is 0 Å². The lowest BCUT2D eigenvalue weighted by Crippen LogP contribution is -2.25. The Balaban J connectivity index is 1.92. The fourth-order valence-electron chi connectivity index (χ4n) is 5.50. The van der Waals surface area contributed by atoms with E-state index in [4.69, 9.17) is 4.98 Å². The molecule has 4 aromatic rings. The Hall–Kier alpha value is -2.93. The smallest absolute Gasteiger partial charge is 0.0751 e. The molecule has 0 spiro atoms. The van der Waals surface area contributed by atoms with Gasteiger partial charge in [0.25, 0.3) is 0 Å². The average molecular weight is 392 g/mol. The summed E-state index contributed by atoms with van der Waals surface area (Å²) in [5.74, 6) is 0. The number of benzene rings is 3. The summed E-state index contributed by atoms with van der Waals surface area (Å²) in [5, 5.41) is 2.77. The summed E-state index contributed by atoms with van der Waals surface area (Å²) in [6.45, 7) is 13.6. The van der Waals surface area contributed by atoms with Crippen LogP contribution in [0.2, 0.25) is 0 Å². The number of aromatic nitrogens is 1. The number of rotatable bonds is 2. The minimum Gasteiger partial charge on any atom is -0.256 e. The van der Waals surface area contributed by atoms with Crippen LogP contribution >= 0.6 is 0 Å². The van der Waals surface area contributed by atoms with Crippen molar-refractivity contribution in [1.29, 1.82) is 0 Å². The van der Waals surface area contributed by atoms with Crippen LogP contribution in [0.1, 0.15) is 54.2 Å². The minimum atomic E-state index is -0.123. The van der Waals surface area contributed by atoms with Crippen LogP contribution in [0.3, 0.4) is 0 Å². The highest BCUT2D eigenvalue weighted by atomic mass is 14.7. The van der Waals surface area contributed by atoms with Crippen LogP contribution in [0.15, 0.2) is 54.7 Å². The molecule has 30 heavy (non-hydrogen) atoms. The van der Waals surface area contributed by atoms with E-state index >= 15 is 0 Å². The summed E-state index contributed by atoms with van der Waals surface area (Å²) < 4.78 is 0. The van der Waals surface area contributed by atoms with E-state index in [1.54, 1.807) is 0 Å². The highest BCUT2D eigenvalue weighted by Crippen LogP contribution is 2.51. The van der Waals surface area contributed by atoms with Gasteiger partial charge in [0, 0.05) is 17.2 Å². The molecule has 0 unspecified atom stereocenters. The number of nitrogens with zero attached hydrogens (tertiary/aromatic N) is 1. The molecule has 1 heterocycles. The molecule has 0 amide bonds. The second kappa shape index (κ2) is 6.54. The molecule has 0 saturated heterocycles. The Morgan fingerprint density at radius 3 is 2.43 bits per heavy atom. The Morgan fingerprint density at radius 1 is 0.867 bits per heavy atom. The van der Waals surface area contributed by atoms with E-state index in [-0.39, 0.29) is 5.41 Å². The molecule has 0 radical (unpaired) electrons. The van der Waals surface area contributed by atoms with Gasteiger partial charge in [-0.3, -0.25) is 4.98 Å². The van der Waals surface area contributed by atoms with Crippen molar-refractivity contribution in [2.45, 2.75) is 53.4 Å². The van der Waals surface area contributed by atoms with E-state index in [1.165, 1.54) is 60.8 Å². The second-order valence-corrected chi connectivity index (χ2v) is 9.32. The van der Waals surface area contributed by atoms with Crippen molar-refractivity contribution in [3.05, 3.63) is 88.1 Å². The third-order valence-corrected chi connectivity index (χ3v) is 7.09. The summed E-state index contributed by atoms with van der Waals surface area (Å²) in [6, 6.07) is 18.2. The SMILES string of the molecule is CCc1cc(C)cc(-c2nccc3c2C(C)(C)c2ccc(C)c4cccc-3c24)c1C. The largest absolute Gasteiger partial charge is 0.256 e. The van der Waals surface area contributed by atoms with Gasteiger partial charge in [0.15, 0.2) is 0 Å². The zero-order valence-corrected chi connectivity index (χ0v) is 18.9. The van der Waals surface area contributed by atoms with Gasteiger partial charge in [-0.1, -0.05) is 62.7 Å². The van der Waals surface area contributed by atoms with Gasteiger partial charge in [0.2, 0.25) is 0 Å². The fourth-order valence-corrected chi connectivity index (χ4v) is 5.50. The van der Waals surface area contributed by atoms with Crippen LogP contribution in [-0.4, -0.2) is 4.98 Å². The summed E-state index contributed by atoms with van der Waals surface area (Å²) in [4.78, 5) is 4.99. The topological polar surface area (TPSA) is 12.9 Å². The van der Waals surface area contributed by atoms with Crippen molar-refractivity contribution in [1.82, 2.24) is 4.98 Å². The van der Waals surface area contributed by atoms with Gasteiger partial charge < -0.3 is 0 Å². The van der Waals surface area contributed by atoms with Crippen LogP contribution < -0.4 is 0 Å². The summed E-state index contributed by atoms with van der Waals surface area (Å²) in [7, 11) is 0. The summed E-state index contributed by atoms with van der Waals surface area (Å²) in [6.07, 6.45) is 3.04. The summed E-state index contributed by atoms with van der Waals surface area (Å²) in [5.41, 5.74) is 13.1. The molecule has 0 saturated carbocycles. The first-order valence-electron chi connectivity index (χ1n) is 11.0. The Kier molecular flexibility index (Phi) is 4.15. The molecule has 0 atom stereocenters. The first-order chi connectivity index (χ1) is 14.3. The molecule has 0 bridgehead atoms. The standard InChI is InChI=1S/C29H29N/c1-7-20-15-17(2)16-24(19(20)4)28-27-23(13-14-30-28)22-10-8-9-21-18(3)11-12-25(26(21)22)29(27,5)6/h8-16H,7H2,1-6H3. The lowest BCUT2D eigenvalue weighted by atomic mass is 9.67. The molecule has 0 N–H and O–H groups in total. The number of pyridine rings is 1. The Bertz CT molecular complexity index is 1320. The van der Waals surface area contributed by atoms with E-state index in [2.05, 4.69) is 90.1 Å². The molecular formula is C29H29N. The molecule has 0 fully saturated rings. The van der Waals surface area contributed by atoms with Gasteiger partial charge in [0.05, 0.1) is 5.69 Å². The fraction of sp³-hybridized carbons (Fsp3) is 0.276. The molecule has 1 aliphatic rings. The number of hydrogen-bond donors (Lipinski definition) is 0. The Morgan fingerprint density at radius 2 is 1.67 bits per heavy atom. The quantitative estimate of drug-likeness (QED) is 0.341. The predicted molar refractivity (Wildman–Crippen MR) is 128 cm³/mol. The lowest BCUT2D eigenvalue weighted by molar-refractivity contribution is 0.644. The molecule has 0 aliphatic heterocycles. The van der Waals surface area contributed by atoms with Crippen molar-refractivity contribution >= 4 is 10.8 Å². The first kappa shape index (κ1) is 19.1. The van der Waals surface area contributed by atoms with E-state index in [0.29, 0.717) is 0 Å². The molecule has 3 aromatic carbocycles. The normalized spacial score (nSPS) is 14.1. The zero-order chi connectivity index (χ0) is 21.2. The van der Waals surface area contributed by atoms with E-state index in [0.717, 1.165) is 12.1 Å². The van der Waals surface area contributed by atoms with Gasteiger partial charge in [0.1, 0.15) is 0 Å². The van der Waals surface area contributed by atoms with E-state index in [1.807, 2.05) is 6.20 Å². The van der Waals surface area contributed by atoms with Crippen molar-refractivity contribution in [3.8, 4) is 22.4 Å². The predicted octanol–water partition coefficient (Wildman–Crippen LogP) is 7.70. The number of aryl methyl sites for hydroxylation is 3. The van der Waals surface area contributed by atoms with Gasteiger partial charge in [-0.2, -0.15) is 0 Å². The third-order valence-electron chi connectivity index (χ3n) is 7.09. The molecule has 150 valence electrons. The zero-order valence-electron chi connectivity index (χ0n) is 18.9. The highest BCUT2D eigenvalue weighted by Gasteiger charge is 2.36. The highest BCUT2D eigenvalue weighted by molar-refractivity contribution is 6.05. The maximum absolute atomic E-state index is 4.99. The maximum atomic E-state index is 4.99. The molecule has 5 rings (SSSR count). The first-order valence-corrected chi connectivity index (χ1v) is 11.0. The second-order valence-electron chi connectivity index (χ2n) is 9.32. The van der Waals surface area contributed by atoms with Crippen LogP contribution in [0, 0.1) is 20.8 Å². The average Bonchev–Trinajstić information content (AvgIpc) is 2.73. The van der Waals surface area contributed by atoms with Crippen LogP contribution in [0.5, 0.6) is 0 Å². The summed E-state index contributed by atoms with van der Waals surface area (Å²) >= 11 is 0. The van der Waals surface area contributed by atoms with Crippen molar-refractivity contribution in [2.24, 2.45) is 0 Å². The number of hydrogen-bond acceptors (Lipinski definition) is 1. The van der Waals surface area contributed by atoms with Crippen LogP contribution in [0.25, 0.3) is 33.2 Å². The molecule has 1 aliphatic carbocycles. The molecular weight excluding hydrogens is 362 g/mol. The Labute approximate surface area is 179 Å². The van der Waals surface area contributed by atoms with Gasteiger partial charge >= 0.3 is 0 Å². The molecule has 1 aromatic heterocycles. The monoisotopic (exact) mass is 391 g/mol. The van der Waals surface area contributed by atoms with Crippen LogP contribution in [0.4, 0.5) is 0 Å². The van der Waals surface area contributed by atoms with Crippen molar-refractivity contribution in [3.63, 3.8) is 0 Å². The van der Waals surface area contributed by atoms with Crippen LogP contribution in [-0.2, 0) is 11.8 Å². The van der Waals surface area contributed by atoms with E-state index < -0.39 is 0 Å². The van der Waals surface area contributed by atoms with Gasteiger partial charge in [-0.15, -0.1) is 0 Å².